The van der Waals surface area contributed by atoms with Gasteiger partial charge in [0.1, 0.15) is 0 Å². The molecule has 1 heteroatoms. The third-order valence-electron chi connectivity index (χ3n) is 3.26. The normalized spacial score (nSPS) is 12.2. The van der Waals surface area contributed by atoms with E-state index in [2.05, 4.69) is 51.1 Å². The van der Waals surface area contributed by atoms with Crippen LogP contribution < -0.4 is 5.32 Å². The molecule has 1 nitrogen and oxygen atoms in total. The standard InChI is InChI=1S/C16H23N/c1-6-8-15(7-2)17-11-16-13(4)9-12(3)10-14(16)5/h1,9-10,15,17H,7-8,11H2,2-5H3. The lowest BCUT2D eigenvalue weighted by atomic mass is 9.99. The number of hydrogen-bond donors (Lipinski definition) is 1. The van der Waals surface area contributed by atoms with Crippen LogP contribution in [0.15, 0.2) is 12.1 Å². The summed E-state index contributed by atoms with van der Waals surface area (Å²) in [5.74, 6) is 2.73. The quantitative estimate of drug-likeness (QED) is 0.762. The molecule has 1 unspecified atom stereocenters. The van der Waals surface area contributed by atoms with Crippen molar-refractivity contribution in [3.8, 4) is 12.3 Å². The molecule has 0 saturated carbocycles. The van der Waals surface area contributed by atoms with Crippen LogP contribution in [0.2, 0.25) is 0 Å². The molecule has 1 N–H and O–H groups in total. The van der Waals surface area contributed by atoms with Crippen molar-refractivity contribution >= 4 is 0 Å². The Morgan fingerprint density at radius 3 is 2.29 bits per heavy atom. The number of benzene rings is 1. The fourth-order valence-corrected chi connectivity index (χ4v) is 2.24. The molecule has 1 atom stereocenters. The first-order valence-corrected chi connectivity index (χ1v) is 6.32. The summed E-state index contributed by atoms with van der Waals surface area (Å²) >= 11 is 0. The molecular formula is C16H23N. The van der Waals surface area contributed by atoms with Gasteiger partial charge in [-0.05, 0) is 43.9 Å². The van der Waals surface area contributed by atoms with Gasteiger partial charge in [0.2, 0.25) is 0 Å². The fourth-order valence-electron chi connectivity index (χ4n) is 2.24. The van der Waals surface area contributed by atoms with E-state index in [0.29, 0.717) is 6.04 Å². The summed E-state index contributed by atoms with van der Waals surface area (Å²) in [6.45, 7) is 9.59. The minimum absolute atomic E-state index is 0.431. The molecule has 0 heterocycles. The highest BCUT2D eigenvalue weighted by Crippen LogP contribution is 2.16. The highest BCUT2D eigenvalue weighted by molar-refractivity contribution is 5.37. The lowest BCUT2D eigenvalue weighted by molar-refractivity contribution is 0.505. The molecule has 0 aliphatic heterocycles. The van der Waals surface area contributed by atoms with Crippen molar-refractivity contribution in [3.05, 3.63) is 34.4 Å². The summed E-state index contributed by atoms with van der Waals surface area (Å²) in [5, 5.41) is 3.55. The van der Waals surface area contributed by atoms with Crippen molar-refractivity contribution in [2.75, 3.05) is 0 Å². The molecule has 0 aliphatic carbocycles. The Labute approximate surface area is 106 Å². The van der Waals surface area contributed by atoms with Crippen LogP contribution >= 0.6 is 0 Å². The summed E-state index contributed by atoms with van der Waals surface area (Å²) in [7, 11) is 0. The second-order valence-electron chi connectivity index (χ2n) is 4.77. The molecule has 0 radical (unpaired) electrons. The van der Waals surface area contributed by atoms with Gasteiger partial charge in [-0.3, -0.25) is 0 Å². The van der Waals surface area contributed by atoms with Gasteiger partial charge >= 0.3 is 0 Å². The third kappa shape index (κ3) is 3.91. The number of rotatable bonds is 5. The molecular weight excluding hydrogens is 206 g/mol. The highest BCUT2D eigenvalue weighted by Gasteiger charge is 2.07. The van der Waals surface area contributed by atoms with E-state index in [4.69, 9.17) is 6.42 Å². The SMILES string of the molecule is C#CCC(CC)NCc1c(C)cc(C)cc1C. The van der Waals surface area contributed by atoms with Gasteiger partial charge in [0.05, 0.1) is 0 Å². The molecule has 1 aromatic carbocycles. The summed E-state index contributed by atoms with van der Waals surface area (Å²) in [5.41, 5.74) is 5.47. The zero-order valence-electron chi connectivity index (χ0n) is 11.4. The van der Waals surface area contributed by atoms with E-state index < -0.39 is 0 Å². The van der Waals surface area contributed by atoms with Crippen LogP contribution in [0.3, 0.4) is 0 Å². The van der Waals surface area contributed by atoms with Crippen LogP contribution in [-0.4, -0.2) is 6.04 Å². The van der Waals surface area contributed by atoms with Crippen molar-refractivity contribution in [1.82, 2.24) is 5.32 Å². The summed E-state index contributed by atoms with van der Waals surface area (Å²) < 4.78 is 0. The molecule has 92 valence electrons. The van der Waals surface area contributed by atoms with Crippen LogP contribution in [0.25, 0.3) is 0 Å². The first kappa shape index (κ1) is 13.8. The minimum Gasteiger partial charge on any atom is -0.309 e. The van der Waals surface area contributed by atoms with Crippen LogP contribution in [0.5, 0.6) is 0 Å². The van der Waals surface area contributed by atoms with Gasteiger partial charge < -0.3 is 5.32 Å². The zero-order valence-corrected chi connectivity index (χ0v) is 11.4. The molecule has 0 spiro atoms. The van der Waals surface area contributed by atoms with Gasteiger partial charge in [-0.1, -0.05) is 24.6 Å². The number of aryl methyl sites for hydroxylation is 3. The molecule has 17 heavy (non-hydrogen) atoms. The van der Waals surface area contributed by atoms with E-state index in [1.165, 1.54) is 22.3 Å². The summed E-state index contributed by atoms with van der Waals surface area (Å²) in [6, 6.07) is 4.92. The average Bonchev–Trinajstić information content (AvgIpc) is 2.26. The Balaban J connectivity index is 2.72. The van der Waals surface area contributed by atoms with Crippen LogP contribution in [-0.2, 0) is 6.54 Å². The average molecular weight is 229 g/mol. The topological polar surface area (TPSA) is 12.0 Å². The number of nitrogens with one attached hydrogen (secondary N) is 1. The maximum Gasteiger partial charge on any atom is 0.0240 e. The van der Waals surface area contributed by atoms with Gasteiger partial charge in [-0.15, -0.1) is 12.3 Å². The van der Waals surface area contributed by atoms with Crippen molar-refractivity contribution in [2.24, 2.45) is 0 Å². The van der Waals surface area contributed by atoms with Crippen LogP contribution in [0, 0.1) is 33.1 Å². The van der Waals surface area contributed by atoms with Crippen LogP contribution in [0.1, 0.15) is 42.0 Å². The van der Waals surface area contributed by atoms with Gasteiger partial charge in [-0.2, -0.15) is 0 Å². The Kier molecular flexibility index (Phi) is 5.25. The van der Waals surface area contributed by atoms with E-state index >= 15 is 0 Å². The Morgan fingerprint density at radius 2 is 1.82 bits per heavy atom. The molecule has 0 aliphatic rings. The van der Waals surface area contributed by atoms with Crippen molar-refractivity contribution in [3.63, 3.8) is 0 Å². The number of hydrogen-bond acceptors (Lipinski definition) is 1. The third-order valence-corrected chi connectivity index (χ3v) is 3.26. The van der Waals surface area contributed by atoms with Crippen LogP contribution in [0.4, 0.5) is 0 Å². The monoisotopic (exact) mass is 229 g/mol. The van der Waals surface area contributed by atoms with E-state index in [-0.39, 0.29) is 0 Å². The first-order chi connectivity index (χ1) is 8.08. The van der Waals surface area contributed by atoms with E-state index in [9.17, 15) is 0 Å². The first-order valence-electron chi connectivity index (χ1n) is 6.32. The second-order valence-corrected chi connectivity index (χ2v) is 4.77. The maximum absolute atomic E-state index is 5.36. The van der Waals surface area contributed by atoms with E-state index in [1.54, 1.807) is 0 Å². The van der Waals surface area contributed by atoms with Gasteiger partial charge in [0, 0.05) is 19.0 Å². The molecule has 1 rings (SSSR count). The van der Waals surface area contributed by atoms with Crippen molar-refractivity contribution in [1.29, 1.82) is 0 Å². The lowest BCUT2D eigenvalue weighted by Gasteiger charge is -2.17. The Bertz CT molecular complexity index is 389. The molecule has 0 aromatic heterocycles. The predicted molar refractivity (Wildman–Crippen MR) is 75.0 cm³/mol. The van der Waals surface area contributed by atoms with Gasteiger partial charge in [0.25, 0.3) is 0 Å². The van der Waals surface area contributed by atoms with Gasteiger partial charge in [0.15, 0.2) is 0 Å². The smallest absolute Gasteiger partial charge is 0.0240 e. The second kappa shape index (κ2) is 6.47. The summed E-state index contributed by atoms with van der Waals surface area (Å²) in [6.07, 6.45) is 7.25. The predicted octanol–water partition coefficient (Wildman–Crippen LogP) is 3.50. The van der Waals surface area contributed by atoms with E-state index in [0.717, 1.165) is 19.4 Å². The molecule has 0 bridgehead atoms. The molecule has 0 amide bonds. The largest absolute Gasteiger partial charge is 0.309 e. The fraction of sp³-hybridized carbons (Fsp3) is 0.500. The number of terminal acetylenes is 1. The molecule has 0 fully saturated rings. The highest BCUT2D eigenvalue weighted by atomic mass is 14.9. The minimum atomic E-state index is 0.431. The Morgan fingerprint density at radius 1 is 1.24 bits per heavy atom. The maximum atomic E-state index is 5.36. The van der Waals surface area contributed by atoms with Crippen molar-refractivity contribution < 1.29 is 0 Å². The Hall–Kier alpha value is -1.26. The van der Waals surface area contributed by atoms with Crippen molar-refractivity contribution in [2.45, 2.75) is 53.1 Å². The zero-order chi connectivity index (χ0) is 12.8. The van der Waals surface area contributed by atoms with Gasteiger partial charge in [-0.25, -0.2) is 0 Å². The summed E-state index contributed by atoms with van der Waals surface area (Å²) in [4.78, 5) is 0. The van der Waals surface area contributed by atoms with E-state index in [1.807, 2.05) is 0 Å². The molecule has 0 saturated heterocycles. The lowest BCUT2D eigenvalue weighted by Crippen LogP contribution is -2.28. The molecule has 1 aromatic rings.